The first-order valence-electron chi connectivity index (χ1n) is 8.45. The third-order valence-corrected chi connectivity index (χ3v) is 3.97. The third-order valence-electron chi connectivity index (χ3n) is 3.97. The van der Waals surface area contributed by atoms with Crippen molar-refractivity contribution < 1.29 is 13.5 Å². The van der Waals surface area contributed by atoms with Crippen molar-refractivity contribution in [3.05, 3.63) is 66.6 Å². The number of fused-ring (bicyclic) bond motifs is 1. The second-order valence-electron chi connectivity index (χ2n) is 6.04. The zero-order valence-corrected chi connectivity index (χ0v) is 14.8. The molecule has 4 rings (SSSR count). The van der Waals surface area contributed by atoms with E-state index in [0.717, 1.165) is 16.5 Å². The molecule has 0 unspecified atom stereocenters. The summed E-state index contributed by atoms with van der Waals surface area (Å²) in [6.45, 7) is -0.919. The molecule has 28 heavy (non-hydrogen) atoms. The molecule has 0 amide bonds. The molecule has 0 aliphatic rings. The van der Waals surface area contributed by atoms with E-state index in [-0.39, 0.29) is 5.75 Å². The molecule has 0 bridgehead atoms. The number of hydrogen-bond donors (Lipinski definition) is 1. The summed E-state index contributed by atoms with van der Waals surface area (Å²) in [4.78, 5) is 17.5. The number of hydrogen-bond acceptors (Lipinski definition) is 6. The topological polar surface area (TPSA) is 72.8 Å². The van der Waals surface area contributed by atoms with Crippen LogP contribution in [0.15, 0.2) is 61.1 Å². The molecule has 0 aliphatic carbocycles. The molecule has 1 N–H and O–H groups in total. The zero-order valence-electron chi connectivity index (χ0n) is 14.8. The maximum atomic E-state index is 12.5. The van der Waals surface area contributed by atoms with Crippen molar-refractivity contribution in [2.75, 3.05) is 5.32 Å². The standard InChI is InChI=1S/C20H15F2N5O/c1-12-5-6-16-15(9-12)18(27-19(26-16)17-11-23-7-8-24-17)25-13-3-2-4-14(10-13)28-20(21)22/h2-11,20H,1H3,(H,25,26,27). The number of aromatic nitrogens is 4. The van der Waals surface area contributed by atoms with Gasteiger partial charge in [0.2, 0.25) is 0 Å². The van der Waals surface area contributed by atoms with Gasteiger partial charge in [-0.25, -0.2) is 15.0 Å². The maximum Gasteiger partial charge on any atom is 0.387 e. The first kappa shape index (κ1) is 17.7. The fourth-order valence-electron chi connectivity index (χ4n) is 2.75. The first-order chi connectivity index (χ1) is 13.6. The quantitative estimate of drug-likeness (QED) is 0.540. The van der Waals surface area contributed by atoms with E-state index in [4.69, 9.17) is 0 Å². The van der Waals surface area contributed by atoms with Gasteiger partial charge in [-0.1, -0.05) is 17.7 Å². The SMILES string of the molecule is Cc1ccc2nc(-c3cnccn3)nc(Nc3cccc(OC(F)F)c3)c2c1. The molecule has 0 saturated carbocycles. The number of ether oxygens (including phenoxy) is 1. The number of aryl methyl sites for hydroxylation is 1. The highest BCUT2D eigenvalue weighted by Crippen LogP contribution is 2.29. The third kappa shape index (κ3) is 3.85. The van der Waals surface area contributed by atoms with Crippen molar-refractivity contribution in [3.63, 3.8) is 0 Å². The Balaban J connectivity index is 1.80. The van der Waals surface area contributed by atoms with Gasteiger partial charge in [-0.3, -0.25) is 4.98 Å². The van der Waals surface area contributed by atoms with Crippen LogP contribution in [0, 0.1) is 6.92 Å². The van der Waals surface area contributed by atoms with Crippen LogP contribution in [0.1, 0.15) is 5.56 Å². The number of halogens is 2. The lowest BCUT2D eigenvalue weighted by molar-refractivity contribution is -0.0498. The predicted octanol–water partition coefficient (Wildman–Crippen LogP) is 4.74. The molecule has 2 heterocycles. The summed E-state index contributed by atoms with van der Waals surface area (Å²) in [5, 5.41) is 3.97. The summed E-state index contributed by atoms with van der Waals surface area (Å²) >= 11 is 0. The Labute approximate surface area is 159 Å². The lowest BCUT2D eigenvalue weighted by Gasteiger charge is -2.12. The van der Waals surface area contributed by atoms with E-state index >= 15 is 0 Å². The zero-order chi connectivity index (χ0) is 19.5. The minimum Gasteiger partial charge on any atom is -0.435 e. The van der Waals surface area contributed by atoms with Crippen LogP contribution in [0.25, 0.3) is 22.4 Å². The van der Waals surface area contributed by atoms with E-state index in [1.807, 2.05) is 25.1 Å². The van der Waals surface area contributed by atoms with Crippen LogP contribution in [0.2, 0.25) is 0 Å². The Kier molecular flexibility index (Phi) is 4.76. The lowest BCUT2D eigenvalue weighted by atomic mass is 10.1. The van der Waals surface area contributed by atoms with E-state index < -0.39 is 6.61 Å². The van der Waals surface area contributed by atoms with E-state index in [1.165, 1.54) is 12.1 Å². The Morgan fingerprint density at radius 3 is 2.71 bits per heavy atom. The summed E-state index contributed by atoms with van der Waals surface area (Å²) < 4.78 is 29.5. The van der Waals surface area contributed by atoms with Crippen LogP contribution in [-0.4, -0.2) is 26.5 Å². The summed E-state index contributed by atoms with van der Waals surface area (Å²) in [5.41, 5.74) is 2.86. The van der Waals surface area contributed by atoms with Gasteiger partial charge in [0.15, 0.2) is 5.82 Å². The molecule has 0 atom stereocenters. The number of benzene rings is 2. The number of rotatable bonds is 5. The van der Waals surface area contributed by atoms with E-state index in [9.17, 15) is 8.78 Å². The molecule has 0 fully saturated rings. The van der Waals surface area contributed by atoms with Crippen LogP contribution in [0.3, 0.4) is 0 Å². The van der Waals surface area contributed by atoms with E-state index in [0.29, 0.717) is 23.0 Å². The molecule has 140 valence electrons. The Morgan fingerprint density at radius 1 is 1.04 bits per heavy atom. The molecule has 2 aromatic heterocycles. The largest absolute Gasteiger partial charge is 0.435 e. The van der Waals surface area contributed by atoms with Crippen molar-refractivity contribution in [1.82, 2.24) is 19.9 Å². The highest BCUT2D eigenvalue weighted by atomic mass is 19.3. The maximum absolute atomic E-state index is 12.5. The van der Waals surface area contributed by atoms with Gasteiger partial charge in [-0.2, -0.15) is 8.78 Å². The molecule has 8 heteroatoms. The molecular weight excluding hydrogens is 364 g/mol. The monoisotopic (exact) mass is 379 g/mol. The van der Waals surface area contributed by atoms with Crippen LogP contribution >= 0.6 is 0 Å². The van der Waals surface area contributed by atoms with Crippen molar-refractivity contribution in [2.45, 2.75) is 13.5 Å². The average Bonchev–Trinajstić information content (AvgIpc) is 2.69. The van der Waals surface area contributed by atoms with Gasteiger partial charge in [-0.15, -0.1) is 0 Å². The van der Waals surface area contributed by atoms with Gasteiger partial charge in [-0.05, 0) is 31.2 Å². The number of nitrogens with one attached hydrogen (secondary N) is 1. The lowest BCUT2D eigenvalue weighted by Crippen LogP contribution is -2.03. The van der Waals surface area contributed by atoms with E-state index in [2.05, 4.69) is 30.0 Å². The minimum absolute atomic E-state index is 0.0590. The van der Waals surface area contributed by atoms with Crippen molar-refractivity contribution in [3.8, 4) is 17.3 Å². The van der Waals surface area contributed by atoms with Crippen LogP contribution < -0.4 is 10.1 Å². The number of anilines is 2. The number of alkyl halides is 2. The van der Waals surface area contributed by atoms with Crippen LogP contribution in [-0.2, 0) is 0 Å². The summed E-state index contributed by atoms with van der Waals surface area (Å²) in [5.74, 6) is 0.999. The van der Waals surface area contributed by atoms with Gasteiger partial charge < -0.3 is 10.1 Å². The molecule has 0 spiro atoms. The summed E-state index contributed by atoms with van der Waals surface area (Å²) in [6.07, 6.45) is 4.72. The normalized spacial score (nSPS) is 11.0. The fourth-order valence-corrected chi connectivity index (χ4v) is 2.75. The molecule has 0 aliphatic heterocycles. The molecular formula is C20H15F2N5O. The minimum atomic E-state index is -2.89. The fraction of sp³-hybridized carbons (Fsp3) is 0.100. The van der Waals surface area contributed by atoms with Crippen LogP contribution in [0.4, 0.5) is 20.3 Å². The summed E-state index contributed by atoms with van der Waals surface area (Å²) in [7, 11) is 0. The Hall–Kier alpha value is -3.68. The molecule has 0 saturated heterocycles. The van der Waals surface area contributed by atoms with Crippen LogP contribution in [0.5, 0.6) is 5.75 Å². The summed E-state index contributed by atoms with van der Waals surface area (Å²) in [6, 6.07) is 12.1. The second-order valence-corrected chi connectivity index (χ2v) is 6.04. The molecule has 6 nitrogen and oxygen atoms in total. The second kappa shape index (κ2) is 7.51. The molecule has 2 aromatic carbocycles. The van der Waals surface area contributed by atoms with Gasteiger partial charge >= 0.3 is 6.61 Å². The Morgan fingerprint density at radius 2 is 1.93 bits per heavy atom. The smallest absolute Gasteiger partial charge is 0.387 e. The highest BCUT2D eigenvalue weighted by Gasteiger charge is 2.12. The Bertz CT molecular complexity index is 1120. The van der Waals surface area contributed by atoms with Crippen molar-refractivity contribution in [2.24, 2.45) is 0 Å². The van der Waals surface area contributed by atoms with Gasteiger partial charge in [0.1, 0.15) is 17.3 Å². The van der Waals surface area contributed by atoms with Crippen molar-refractivity contribution >= 4 is 22.4 Å². The average molecular weight is 379 g/mol. The first-order valence-corrected chi connectivity index (χ1v) is 8.45. The predicted molar refractivity (Wildman–Crippen MR) is 102 cm³/mol. The molecule has 0 radical (unpaired) electrons. The highest BCUT2D eigenvalue weighted by molar-refractivity contribution is 5.92. The van der Waals surface area contributed by atoms with E-state index in [1.54, 1.807) is 30.7 Å². The molecule has 4 aromatic rings. The van der Waals surface area contributed by atoms with Gasteiger partial charge in [0.25, 0.3) is 0 Å². The number of nitrogens with zero attached hydrogens (tertiary/aromatic N) is 4. The van der Waals surface area contributed by atoms with Gasteiger partial charge in [0, 0.05) is 29.5 Å². The van der Waals surface area contributed by atoms with Crippen molar-refractivity contribution in [1.29, 1.82) is 0 Å². The van der Waals surface area contributed by atoms with Gasteiger partial charge in [0.05, 0.1) is 11.7 Å².